The highest BCUT2D eigenvalue weighted by Crippen LogP contribution is 2.32. The summed E-state index contributed by atoms with van der Waals surface area (Å²) in [6.07, 6.45) is 0.481. The van der Waals surface area contributed by atoms with Gasteiger partial charge in [-0.1, -0.05) is 48.5 Å². The number of hydrogen-bond acceptors (Lipinski definition) is 6. The first-order valence-corrected chi connectivity index (χ1v) is 11.1. The summed E-state index contributed by atoms with van der Waals surface area (Å²) in [5.41, 5.74) is 10.7. The van der Waals surface area contributed by atoms with Gasteiger partial charge in [0.2, 0.25) is 0 Å². The molecular weight excluding hydrogens is 430 g/mol. The van der Waals surface area contributed by atoms with E-state index in [2.05, 4.69) is 4.98 Å². The average molecular weight is 458 g/mol. The maximum Gasteiger partial charge on any atom is 0.338 e. The summed E-state index contributed by atoms with van der Waals surface area (Å²) < 4.78 is 5.09. The van der Waals surface area contributed by atoms with Crippen molar-refractivity contribution in [3.05, 3.63) is 95.1 Å². The number of carbonyl (C=O) groups is 1. The molecule has 1 aromatic heterocycles. The minimum absolute atomic E-state index is 0.0247. The first-order valence-electron chi connectivity index (χ1n) is 11.1. The van der Waals surface area contributed by atoms with Gasteiger partial charge < -0.3 is 25.7 Å². The van der Waals surface area contributed by atoms with Crippen LogP contribution in [0.4, 0.5) is 5.69 Å². The zero-order valence-electron chi connectivity index (χ0n) is 18.9. The molecule has 7 nitrogen and oxygen atoms in total. The Kier molecular flexibility index (Phi) is 7.06. The molecule has 0 aliphatic carbocycles. The van der Waals surface area contributed by atoms with Crippen molar-refractivity contribution in [2.24, 2.45) is 10.7 Å². The van der Waals surface area contributed by atoms with Gasteiger partial charge >= 0.3 is 5.97 Å². The van der Waals surface area contributed by atoms with Gasteiger partial charge in [0.1, 0.15) is 0 Å². The Morgan fingerprint density at radius 3 is 2.47 bits per heavy atom. The molecule has 1 unspecified atom stereocenters. The van der Waals surface area contributed by atoms with Crippen molar-refractivity contribution in [1.29, 1.82) is 0 Å². The molecule has 1 heterocycles. The number of hydrogen-bond donors (Lipinski definition) is 4. The van der Waals surface area contributed by atoms with E-state index in [9.17, 15) is 9.90 Å². The quantitative estimate of drug-likeness (QED) is 0.228. The minimum Gasteiger partial charge on any atom is -0.494 e. The highest BCUT2D eigenvalue weighted by Gasteiger charge is 2.20. The Morgan fingerprint density at radius 2 is 1.79 bits per heavy atom. The third-order valence-corrected chi connectivity index (χ3v) is 5.58. The second-order valence-corrected chi connectivity index (χ2v) is 7.87. The molecule has 0 aliphatic rings. The molecule has 0 fully saturated rings. The molecule has 1 atom stereocenters. The van der Waals surface area contributed by atoms with E-state index in [0.29, 0.717) is 34.5 Å². The normalized spacial score (nSPS) is 12.6. The number of aliphatic hydroxyl groups excluding tert-OH is 1. The van der Waals surface area contributed by atoms with Gasteiger partial charge in [0.05, 0.1) is 29.1 Å². The lowest BCUT2D eigenvalue weighted by Crippen LogP contribution is -2.11. The van der Waals surface area contributed by atoms with Crippen molar-refractivity contribution in [2.75, 3.05) is 13.2 Å². The van der Waals surface area contributed by atoms with E-state index < -0.39 is 5.97 Å². The van der Waals surface area contributed by atoms with Crippen LogP contribution in [0.3, 0.4) is 0 Å². The van der Waals surface area contributed by atoms with E-state index >= 15 is 0 Å². The molecule has 0 amide bonds. The number of aromatic amines is 1. The van der Waals surface area contributed by atoms with Gasteiger partial charge in [0.15, 0.2) is 5.88 Å². The van der Waals surface area contributed by atoms with E-state index in [4.69, 9.17) is 20.6 Å². The number of aliphatic imine (C=N–C) groups is 1. The second-order valence-electron chi connectivity index (χ2n) is 7.87. The fourth-order valence-corrected chi connectivity index (χ4v) is 3.86. The van der Waals surface area contributed by atoms with Crippen LogP contribution in [0.5, 0.6) is 5.88 Å². The van der Waals surface area contributed by atoms with Gasteiger partial charge in [0.25, 0.3) is 0 Å². The molecule has 34 heavy (non-hydrogen) atoms. The number of nitrogens with one attached hydrogen (secondary N) is 1. The molecule has 4 aromatic rings. The van der Waals surface area contributed by atoms with Gasteiger partial charge in [-0.15, -0.1) is 0 Å². The number of carbonyl (C=O) groups excluding carboxylic acids is 1. The first kappa shape index (κ1) is 23.2. The van der Waals surface area contributed by atoms with Crippen LogP contribution in [0, 0.1) is 0 Å². The van der Waals surface area contributed by atoms with Gasteiger partial charge in [-0.25, -0.2) is 9.79 Å². The lowest BCUT2D eigenvalue weighted by molar-refractivity contribution is 0.0526. The number of esters is 1. The SMILES string of the molecule is CCOC(=O)c1ccc2c(C(=Nc3ccc(C(N)CCO)cc3)c3ccccc3)c(O)[nH]c2c1. The Hall–Kier alpha value is -3.94. The summed E-state index contributed by atoms with van der Waals surface area (Å²) in [6.45, 7) is 2.06. The molecule has 0 aliphatic heterocycles. The number of benzene rings is 3. The molecule has 7 heteroatoms. The summed E-state index contributed by atoms with van der Waals surface area (Å²) in [5, 5.41) is 20.7. The third kappa shape index (κ3) is 4.85. The molecule has 174 valence electrons. The van der Waals surface area contributed by atoms with Crippen LogP contribution >= 0.6 is 0 Å². The molecule has 3 aromatic carbocycles. The first-order chi connectivity index (χ1) is 16.5. The number of rotatable bonds is 8. The lowest BCUT2D eigenvalue weighted by atomic mass is 10.00. The Labute approximate surface area is 197 Å². The summed E-state index contributed by atoms with van der Waals surface area (Å²) in [5.74, 6) is -0.461. The van der Waals surface area contributed by atoms with Gasteiger partial charge in [-0.3, -0.25) is 0 Å². The van der Waals surface area contributed by atoms with Crippen LogP contribution in [-0.2, 0) is 4.74 Å². The van der Waals surface area contributed by atoms with E-state index in [1.165, 1.54) is 0 Å². The number of H-pyrrole nitrogens is 1. The minimum atomic E-state index is -0.420. The second kappa shape index (κ2) is 10.3. The predicted molar refractivity (Wildman–Crippen MR) is 133 cm³/mol. The summed E-state index contributed by atoms with van der Waals surface area (Å²) in [4.78, 5) is 20.0. The van der Waals surface area contributed by atoms with Crippen LogP contribution in [-0.4, -0.2) is 40.1 Å². The molecule has 5 N–H and O–H groups in total. The largest absolute Gasteiger partial charge is 0.494 e. The third-order valence-electron chi connectivity index (χ3n) is 5.58. The summed E-state index contributed by atoms with van der Waals surface area (Å²) in [7, 11) is 0. The van der Waals surface area contributed by atoms with Crippen molar-refractivity contribution in [2.45, 2.75) is 19.4 Å². The van der Waals surface area contributed by atoms with E-state index in [0.717, 1.165) is 16.5 Å². The molecular formula is C27H27N3O4. The van der Waals surface area contributed by atoms with E-state index in [1.807, 2.05) is 54.6 Å². The Balaban J connectivity index is 1.81. The monoisotopic (exact) mass is 457 g/mol. The molecule has 0 saturated carbocycles. The van der Waals surface area contributed by atoms with E-state index in [-0.39, 0.29) is 25.1 Å². The molecule has 0 radical (unpaired) electrons. The van der Waals surface area contributed by atoms with Crippen LogP contribution in [0.15, 0.2) is 77.8 Å². The molecule has 0 spiro atoms. The summed E-state index contributed by atoms with van der Waals surface area (Å²) >= 11 is 0. The lowest BCUT2D eigenvalue weighted by Gasteiger charge is -2.11. The van der Waals surface area contributed by atoms with Crippen molar-refractivity contribution >= 4 is 28.3 Å². The van der Waals surface area contributed by atoms with Crippen LogP contribution in [0.2, 0.25) is 0 Å². The zero-order valence-corrected chi connectivity index (χ0v) is 18.9. The van der Waals surface area contributed by atoms with Crippen LogP contribution in [0.1, 0.15) is 46.4 Å². The molecule has 0 saturated heterocycles. The van der Waals surface area contributed by atoms with E-state index in [1.54, 1.807) is 25.1 Å². The number of nitrogens with zero attached hydrogens (tertiary/aromatic N) is 1. The van der Waals surface area contributed by atoms with Crippen LogP contribution in [0.25, 0.3) is 10.9 Å². The number of ether oxygens (including phenoxy) is 1. The predicted octanol–water partition coefficient (Wildman–Crippen LogP) is 4.60. The highest BCUT2D eigenvalue weighted by molar-refractivity contribution is 6.22. The Bertz CT molecular complexity index is 1310. The number of aromatic hydroxyl groups is 1. The fraction of sp³-hybridized carbons (Fsp3) is 0.185. The standard InChI is InChI=1S/C27H27N3O4/c1-2-34-27(33)19-10-13-21-23(16-19)30-26(32)24(21)25(18-6-4-3-5-7-18)29-20-11-8-17(9-12-20)22(28)14-15-31/h3-13,16,22,30-32H,2,14-15,28H2,1H3. The Morgan fingerprint density at radius 1 is 1.06 bits per heavy atom. The maximum absolute atomic E-state index is 12.1. The summed E-state index contributed by atoms with van der Waals surface area (Å²) in [6, 6.07) is 22.0. The maximum atomic E-state index is 12.1. The number of fused-ring (bicyclic) bond motifs is 1. The van der Waals surface area contributed by atoms with Gasteiger partial charge in [-0.2, -0.15) is 0 Å². The fourth-order valence-electron chi connectivity index (χ4n) is 3.86. The number of aliphatic hydroxyl groups is 1. The van der Waals surface area contributed by atoms with Crippen molar-refractivity contribution in [3.8, 4) is 5.88 Å². The number of nitrogens with two attached hydrogens (primary N) is 1. The topological polar surface area (TPSA) is 121 Å². The zero-order chi connectivity index (χ0) is 24.1. The number of aromatic nitrogens is 1. The van der Waals surface area contributed by atoms with Gasteiger partial charge in [0, 0.05) is 29.1 Å². The average Bonchev–Trinajstić information content (AvgIpc) is 3.18. The highest BCUT2D eigenvalue weighted by atomic mass is 16.5. The van der Waals surface area contributed by atoms with Crippen LogP contribution < -0.4 is 5.73 Å². The molecule has 4 rings (SSSR count). The van der Waals surface area contributed by atoms with Crippen molar-refractivity contribution in [1.82, 2.24) is 4.98 Å². The van der Waals surface area contributed by atoms with Crippen molar-refractivity contribution in [3.63, 3.8) is 0 Å². The smallest absolute Gasteiger partial charge is 0.338 e. The van der Waals surface area contributed by atoms with Crippen molar-refractivity contribution < 1.29 is 19.7 Å². The molecule has 0 bridgehead atoms. The van der Waals surface area contributed by atoms with Gasteiger partial charge in [-0.05, 0) is 43.2 Å².